The summed E-state index contributed by atoms with van der Waals surface area (Å²) in [6.45, 7) is 7.44. The van der Waals surface area contributed by atoms with E-state index >= 15 is 0 Å². The first kappa shape index (κ1) is 19.1. The van der Waals surface area contributed by atoms with Gasteiger partial charge in [-0.2, -0.15) is 4.37 Å². The second kappa shape index (κ2) is 9.27. The molecule has 0 aliphatic rings. The highest BCUT2D eigenvalue weighted by Crippen LogP contribution is 2.28. The van der Waals surface area contributed by atoms with Crippen LogP contribution in [0.15, 0.2) is 18.2 Å². The summed E-state index contributed by atoms with van der Waals surface area (Å²) in [4.78, 5) is 12.4. The predicted octanol–water partition coefficient (Wildman–Crippen LogP) is 3.26. The first-order chi connectivity index (χ1) is 12.1. The van der Waals surface area contributed by atoms with Crippen LogP contribution < -0.4 is 20.1 Å². The van der Waals surface area contributed by atoms with E-state index in [4.69, 9.17) is 9.47 Å². The van der Waals surface area contributed by atoms with E-state index in [0.717, 1.165) is 27.8 Å². The minimum absolute atomic E-state index is 0.105. The summed E-state index contributed by atoms with van der Waals surface area (Å²) in [5.74, 6) is 1.38. The van der Waals surface area contributed by atoms with Crippen LogP contribution >= 0.6 is 11.5 Å². The van der Waals surface area contributed by atoms with Crippen molar-refractivity contribution >= 4 is 22.4 Å². The molecule has 0 saturated carbocycles. The van der Waals surface area contributed by atoms with E-state index < -0.39 is 0 Å². The fourth-order valence-corrected chi connectivity index (χ4v) is 3.21. The number of rotatable bonds is 9. The van der Waals surface area contributed by atoms with Crippen LogP contribution in [-0.2, 0) is 6.42 Å². The Morgan fingerprint density at radius 2 is 1.92 bits per heavy atom. The number of carbonyl (C=O) groups excluding carboxylic acids is 1. The number of carbonyl (C=O) groups is 1. The highest BCUT2D eigenvalue weighted by Gasteiger charge is 2.17. The fraction of sp³-hybridized carbons (Fsp3) is 0.444. The summed E-state index contributed by atoms with van der Waals surface area (Å²) in [5, 5.41) is 6.75. The molecule has 1 aromatic carbocycles. The summed E-state index contributed by atoms with van der Waals surface area (Å²) in [6, 6.07) is 5.88. The predicted molar refractivity (Wildman–Crippen MR) is 101 cm³/mol. The van der Waals surface area contributed by atoms with E-state index in [1.165, 1.54) is 11.5 Å². The molecule has 0 saturated heterocycles. The zero-order valence-electron chi connectivity index (χ0n) is 15.1. The van der Waals surface area contributed by atoms with Gasteiger partial charge in [-0.05, 0) is 56.4 Å². The molecule has 0 atom stereocenters. The lowest BCUT2D eigenvalue weighted by atomic mass is 10.1. The third kappa shape index (κ3) is 4.85. The summed E-state index contributed by atoms with van der Waals surface area (Å²) in [7, 11) is 1.79. The zero-order chi connectivity index (χ0) is 18.2. The van der Waals surface area contributed by atoms with Crippen LogP contribution in [0.3, 0.4) is 0 Å². The Labute approximate surface area is 152 Å². The van der Waals surface area contributed by atoms with Crippen molar-refractivity contribution in [1.82, 2.24) is 9.69 Å². The molecule has 0 unspecified atom stereocenters. The second-order valence-corrected chi connectivity index (χ2v) is 6.15. The number of amides is 1. The molecule has 2 aromatic rings. The standard InChI is InChI=1S/C18H25N3O3S/c1-5-23-14-8-7-13(11-15(14)24-6-2)9-10-20-17(22)16-12(3)21-25-18(16)19-4/h7-8,11,19H,5-6,9-10H2,1-4H3,(H,20,22). The van der Waals surface area contributed by atoms with Gasteiger partial charge in [-0.15, -0.1) is 0 Å². The van der Waals surface area contributed by atoms with Crippen molar-refractivity contribution in [3.05, 3.63) is 35.0 Å². The molecule has 0 aliphatic carbocycles. The molecule has 0 aliphatic heterocycles. The van der Waals surface area contributed by atoms with Gasteiger partial charge in [0.2, 0.25) is 0 Å². The Morgan fingerprint density at radius 3 is 2.60 bits per heavy atom. The van der Waals surface area contributed by atoms with Crippen LogP contribution in [0.4, 0.5) is 5.00 Å². The summed E-state index contributed by atoms with van der Waals surface area (Å²) in [6.07, 6.45) is 0.712. The molecule has 0 fully saturated rings. The largest absolute Gasteiger partial charge is 0.490 e. The molecular formula is C18H25N3O3S. The fourth-order valence-electron chi connectivity index (χ4n) is 2.47. The summed E-state index contributed by atoms with van der Waals surface area (Å²) < 4.78 is 15.4. The first-order valence-electron chi connectivity index (χ1n) is 8.41. The molecule has 25 heavy (non-hydrogen) atoms. The monoisotopic (exact) mass is 363 g/mol. The third-order valence-electron chi connectivity index (χ3n) is 3.62. The smallest absolute Gasteiger partial charge is 0.256 e. The maximum Gasteiger partial charge on any atom is 0.256 e. The average Bonchev–Trinajstić information content (AvgIpc) is 2.98. The van der Waals surface area contributed by atoms with Crippen molar-refractivity contribution in [2.45, 2.75) is 27.2 Å². The van der Waals surface area contributed by atoms with E-state index in [0.29, 0.717) is 31.7 Å². The Balaban J connectivity index is 1.98. The highest BCUT2D eigenvalue weighted by molar-refractivity contribution is 7.10. The number of nitrogens with one attached hydrogen (secondary N) is 2. The molecule has 7 heteroatoms. The van der Waals surface area contributed by atoms with Crippen LogP contribution in [0, 0.1) is 6.92 Å². The van der Waals surface area contributed by atoms with E-state index in [-0.39, 0.29) is 5.91 Å². The van der Waals surface area contributed by atoms with E-state index in [9.17, 15) is 4.79 Å². The van der Waals surface area contributed by atoms with Crippen LogP contribution in [0.2, 0.25) is 0 Å². The molecule has 0 bridgehead atoms. The number of hydrogen-bond acceptors (Lipinski definition) is 6. The van der Waals surface area contributed by atoms with Gasteiger partial charge in [-0.25, -0.2) is 0 Å². The van der Waals surface area contributed by atoms with Gasteiger partial charge >= 0.3 is 0 Å². The van der Waals surface area contributed by atoms with Gasteiger partial charge in [-0.3, -0.25) is 4.79 Å². The minimum atomic E-state index is -0.105. The van der Waals surface area contributed by atoms with Crippen LogP contribution in [0.5, 0.6) is 11.5 Å². The molecular weight excluding hydrogens is 338 g/mol. The summed E-state index contributed by atoms with van der Waals surface area (Å²) in [5.41, 5.74) is 2.45. The number of hydrogen-bond donors (Lipinski definition) is 2. The Hall–Kier alpha value is -2.28. The van der Waals surface area contributed by atoms with Crippen molar-refractivity contribution in [2.24, 2.45) is 0 Å². The van der Waals surface area contributed by atoms with E-state index in [1.807, 2.05) is 39.0 Å². The topological polar surface area (TPSA) is 72.5 Å². The quantitative estimate of drug-likeness (QED) is 0.715. The number of aromatic nitrogens is 1. The molecule has 2 rings (SSSR count). The SMILES string of the molecule is CCOc1ccc(CCNC(=O)c2c(C)nsc2NC)cc1OCC. The van der Waals surface area contributed by atoms with Crippen LogP contribution in [-0.4, -0.2) is 37.1 Å². The third-order valence-corrected chi connectivity index (χ3v) is 4.58. The lowest BCUT2D eigenvalue weighted by molar-refractivity contribution is 0.0954. The van der Waals surface area contributed by atoms with Crippen molar-refractivity contribution < 1.29 is 14.3 Å². The van der Waals surface area contributed by atoms with E-state index in [2.05, 4.69) is 15.0 Å². The number of nitrogens with zero attached hydrogens (tertiary/aromatic N) is 1. The lowest BCUT2D eigenvalue weighted by Crippen LogP contribution is -2.26. The number of ether oxygens (including phenoxy) is 2. The molecule has 136 valence electrons. The maximum absolute atomic E-state index is 12.4. The highest BCUT2D eigenvalue weighted by atomic mass is 32.1. The van der Waals surface area contributed by atoms with Gasteiger partial charge in [-0.1, -0.05) is 6.07 Å². The van der Waals surface area contributed by atoms with Gasteiger partial charge in [0.15, 0.2) is 11.5 Å². The average molecular weight is 363 g/mol. The van der Waals surface area contributed by atoms with Gasteiger partial charge in [0, 0.05) is 13.6 Å². The van der Waals surface area contributed by atoms with Gasteiger partial charge < -0.3 is 20.1 Å². The Kier molecular flexibility index (Phi) is 7.06. The summed E-state index contributed by atoms with van der Waals surface area (Å²) >= 11 is 1.30. The zero-order valence-corrected chi connectivity index (χ0v) is 16.0. The Morgan fingerprint density at radius 1 is 1.20 bits per heavy atom. The van der Waals surface area contributed by atoms with Crippen molar-refractivity contribution in [2.75, 3.05) is 32.1 Å². The Bertz CT molecular complexity index is 716. The number of anilines is 1. The first-order valence-corrected chi connectivity index (χ1v) is 9.18. The molecule has 1 aromatic heterocycles. The van der Waals surface area contributed by atoms with Crippen LogP contribution in [0.25, 0.3) is 0 Å². The second-order valence-electron chi connectivity index (χ2n) is 5.38. The number of benzene rings is 1. The van der Waals surface area contributed by atoms with E-state index in [1.54, 1.807) is 7.05 Å². The van der Waals surface area contributed by atoms with Gasteiger partial charge in [0.1, 0.15) is 5.00 Å². The molecule has 0 radical (unpaired) electrons. The lowest BCUT2D eigenvalue weighted by Gasteiger charge is -2.12. The number of aryl methyl sites for hydroxylation is 1. The molecule has 1 heterocycles. The minimum Gasteiger partial charge on any atom is -0.490 e. The molecule has 0 spiro atoms. The van der Waals surface area contributed by atoms with Gasteiger partial charge in [0.05, 0.1) is 24.5 Å². The van der Waals surface area contributed by atoms with Crippen molar-refractivity contribution in [1.29, 1.82) is 0 Å². The van der Waals surface area contributed by atoms with Crippen LogP contribution in [0.1, 0.15) is 35.5 Å². The normalized spacial score (nSPS) is 10.4. The molecule has 1 amide bonds. The van der Waals surface area contributed by atoms with Crippen molar-refractivity contribution in [3.8, 4) is 11.5 Å². The van der Waals surface area contributed by atoms with Crippen molar-refractivity contribution in [3.63, 3.8) is 0 Å². The maximum atomic E-state index is 12.4. The molecule has 2 N–H and O–H groups in total. The van der Waals surface area contributed by atoms with Gasteiger partial charge in [0.25, 0.3) is 5.91 Å². The molecule has 6 nitrogen and oxygen atoms in total.